The number of rotatable bonds is 10. The number of hydrogen-bond acceptors (Lipinski definition) is 4. The Labute approximate surface area is 108 Å². The Morgan fingerprint density at radius 1 is 1.50 bits per heavy atom. The van der Waals surface area contributed by atoms with E-state index in [1.807, 2.05) is 0 Å². The van der Waals surface area contributed by atoms with Gasteiger partial charge in [0.1, 0.15) is 0 Å². The summed E-state index contributed by atoms with van der Waals surface area (Å²) in [6, 6.07) is 0. The number of esters is 1. The minimum atomic E-state index is -0.377. The molecule has 1 radical (unpaired) electrons. The highest BCUT2D eigenvalue weighted by Gasteiger charge is 2.26. The maximum absolute atomic E-state index is 11.1. The molecule has 2 unspecified atom stereocenters. The molecular formula is C13H21O5. The van der Waals surface area contributed by atoms with Crippen molar-refractivity contribution < 1.29 is 24.1 Å². The largest absolute Gasteiger partial charge is 0.462 e. The van der Waals surface area contributed by atoms with Gasteiger partial charge in [-0.25, -0.2) is 9.90 Å². The van der Waals surface area contributed by atoms with E-state index < -0.39 is 0 Å². The molecule has 1 heterocycles. The van der Waals surface area contributed by atoms with Gasteiger partial charge in [-0.2, -0.15) is 0 Å². The van der Waals surface area contributed by atoms with Crippen LogP contribution in [0.3, 0.4) is 0 Å². The first kappa shape index (κ1) is 15.1. The first-order valence-electron chi connectivity index (χ1n) is 6.27. The average Bonchev–Trinajstić information content (AvgIpc) is 3.12. The van der Waals surface area contributed by atoms with Crippen molar-refractivity contribution in [2.24, 2.45) is 0 Å². The number of carbonyl (C=O) groups excluding carboxylic acids is 1. The summed E-state index contributed by atoms with van der Waals surface area (Å²) >= 11 is 0. The van der Waals surface area contributed by atoms with E-state index >= 15 is 0 Å². The Balaban J connectivity index is 2.03. The van der Waals surface area contributed by atoms with E-state index in [-0.39, 0.29) is 24.8 Å². The van der Waals surface area contributed by atoms with E-state index in [1.54, 1.807) is 6.92 Å². The molecule has 1 saturated heterocycles. The van der Waals surface area contributed by atoms with Gasteiger partial charge in [-0.1, -0.05) is 6.58 Å². The molecular weight excluding hydrogens is 236 g/mol. The van der Waals surface area contributed by atoms with Crippen molar-refractivity contribution in [3.05, 3.63) is 12.2 Å². The predicted octanol–water partition coefficient (Wildman–Crippen LogP) is 1.49. The van der Waals surface area contributed by atoms with Crippen LogP contribution in [0.25, 0.3) is 0 Å². The van der Waals surface area contributed by atoms with Crippen LogP contribution in [0.2, 0.25) is 0 Å². The van der Waals surface area contributed by atoms with Crippen LogP contribution < -0.4 is 0 Å². The van der Waals surface area contributed by atoms with Crippen molar-refractivity contribution in [2.45, 2.75) is 38.4 Å². The standard InChI is InChI=1S/C13H21O5/c1-10(2)13(15)17-7-3-6-16-11(4-5-14)8-12-9-18-12/h11-12H,1,3-9H2,2H3. The molecule has 0 spiro atoms. The topological polar surface area (TPSA) is 68.0 Å². The summed E-state index contributed by atoms with van der Waals surface area (Å²) in [5, 5.41) is 10.6. The van der Waals surface area contributed by atoms with Crippen LogP contribution in [0, 0.1) is 0 Å². The molecule has 2 atom stereocenters. The third-order valence-corrected chi connectivity index (χ3v) is 2.59. The van der Waals surface area contributed by atoms with Gasteiger partial charge in [-0.15, -0.1) is 0 Å². The molecule has 0 aliphatic carbocycles. The second-order valence-corrected chi connectivity index (χ2v) is 4.45. The third kappa shape index (κ3) is 6.74. The monoisotopic (exact) mass is 257 g/mol. The highest BCUT2D eigenvalue weighted by atomic mass is 16.6. The second kappa shape index (κ2) is 8.24. The Hall–Kier alpha value is -0.910. The molecule has 0 aromatic rings. The summed E-state index contributed by atoms with van der Waals surface area (Å²) in [5.74, 6) is -0.377. The summed E-state index contributed by atoms with van der Waals surface area (Å²) in [4.78, 5) is 11.1. The van der Waals surface area contributed by atoms with Gasteiger partial charge in [-0.05, 0) is 6.92 Å². The quantitative estimate of drug-likeness (QED) is 0.257. The molecule has 5 nitrogen and oxygen atoms in total. The molecule has 1 aliphatic rings. The van der Waals surface area contributed by atoms with Crippen molar-refractivity contribution in [1.82, 2.24) is 0 Å². The zero-order chi connectivity index (χ0) is 13.4. The maximum atomic E-state index is 11.1. The fraction of sp³-hybridized carbons (Fsp3) is 0.769. The molecule has 0 aromatic carbocycles. The van der Waals surface area contributed by atoms with Crippen LogP contribution in [0.5, 0.6) is 0 Å². The average molecular weight is 257 g/mol. The van der Waals surface area contributed by atoms with Gasteiger partial charge in [0.25, 0.3) is 0 Å². The molecule has 0 saturated carbocycles. The van der Waals surface area contributed by atoms with Gasteiger partial charge in [0.05, 0.1) is 38.6 Å². The minimum absolute atomic E-state index is 0.0353. The molecule has 18 heavy (non-hydrogen) atoms. The van der Waals surface area contributed by atoms with Gasteiger partial charge in [0.15, 0.2) is 0 Å². The van der Waals surface area contributed by atoms with Gasteiger partial charge in [-0.3, -0.25) is 0 Å². The first-order valence-corrected chi connectivity index (χ1v) is 6.27. The lowest BCUT2D eigenvalue weighted by Gasteiger charge is -2.15. The smallest absolute Gasteiger partial charge is 0.333 e. The minimum Gasteiger partial charge on any atom is -0.462 e. The highest BCUT2D eigenvalue weighted by molar-refractivity contribution is 5.86. The van der Waals surface area contributed by atoms with E-state index in [0.29, 0.717) is 31.6 Å². The Kier molecular flexibility index (Phi) is 6.93. The second-order valence-electron chi connectivity index (χ2n) is 4.45. The van der Waals surface area contributed by atoms with Crippen LogP contribution in [0.4, 0.5) is 0 Å². The maximum Gasteiger partial charge on any atom is 0.333 e. The van der Waals surface area contributed by atoms with E-state index in [4.69, 9.17) is 14.2 Å². The molecule has 1 fully saturated rings. The molecule has 0 N–H and O–H groups in total. The lowest BCUT2D eigenvalue weighted by Crippen LogP contribution is -2.18. The summed E-state index contributed by atoms with van der Waals surface area (Å²) in [6.07, 6.45) is 2.15. The number of epoxide rings is 1. The Morgan fingerprint density at radius 2 is 2.22 bits per heavy atom. The van der Waals surface area contributed by atoms with E-state index in [2.05, 4.69) is 6.58 Å². The van der Waals surface area contributed by atoms with E-state index in [9.17, 15) is 9.90 Å². The summed E-state index contributed by atoms with van der Waals surface area (Å²) < 4.78 is 15.6. The fourth-order valence-electron chi connectivity index (χ4n) is 1.50. The zero-order valence-electron chi connectivity index (χ0n) is 10.9. The first-order chi connectivity index (χ1) is 8.63. The number of hydrogen-bond donors (Lipinski definition) is 0. The number of carbonyl (C=O) groups is 1. The van der Waals surface area contributed by atoms with Crippen molar-refractivity contribution in [1.29, 1.82) is 0 Å². The van der Waals surface area contributed by atoms with Crippen LogP contribution in [-0.2, 0) is 24.1 Å². The SMILES string of the molecule is C=C(C)C(=O)OCCCOC(CC[O])CC1CO1. The van der Waals surface area contributed by atoms with Gasteiger partial charge < -0.3 is 14.2 Å². The van der Waals surface area contributed by atoms with Crippen molar-refractivity contribution in [3.63, 3.8) is 0 Å². The molecule has 5 heteroatoms. The molecule has 0 aromatic heterocycles. The molecule has 103 valence electrons. The number of ether oxygens (including phenoxy) is 3. The molecule has 0 bridgehead atoms. The van der Waals surface area contributed by atoms with Gasteiger partial charge in [0, 0.05) is 24.8 Å². The summed E-state index contributed by atoms with van der Waals surface area (Å²) in [5.41, 5.74) is 0.394. The van der Waals surface area contributed by atoms with Crippen LogP contribution in [-0.4, -0.2) is 44.6 Å². The fourth-order valence-corrected chi connectivity index (χ4v) is 1.50. The lowest BCUT2D eigenvalue weighted by atomic mass is 10.1. The third-order valence-electron chi connectivity index (χ3n) is 2.59. The summed E-state index contributed by atoms with van der Waals surface area (Å²) in [6.45, 7) is 6.54. The van der Waals surface area contributed by atoms with Crippen LogP contribution in [0.15, 0.2) is 12.2 Å². The Morgan fingerprint density at radius 3 is 2.78 bits per heavy atom. The molecule has 1 aliphatic heterocycles. The predicted molar refractivity (Wildman–Crippen MR) is 64.7 cm³/mol. The van der Waals surface area contributed by atoms with Crippen LogP contribution >= 0.6 is 0 Å². The van der Waals surface area contributed by atoms with Gasteiger partial charge >= 0.3 is 5.97 Å². The van der Waals surface area contributed by atoms with Crippen molar-refractivity contribution in [2.75, 3.05) is 26.4 Å². The van der Waals surface area contributed by atoms with E-state index in [0.717, 1.165) is 13.0 Å². The van der Waals surface area contributed by atoms with Crippen molar-refractivity contribution >= 4 is 5.97 Å². The highest BCUT2D eigenvalue weighted by Crippen LogP contribution is 2.19. The molecule has 0 amide bonds. The van der Waals surface area contributed by atoms with E-state index in [1.165, 1.54) is 0 Å². The Bertz CT molecular complexity index is 273. The zero-order valence-corrected chi connectivity index (χ0v) is 10.9. The normalized spacial score (nSPS) is 19.3. The lowest BCUT2D eigenvalue weighted by molar-refractivity contribution is -0.139. The van der Waals surface area contributed by atoms with Gasteiger partial charge in [0.2, 0.25) is 0 Å². The van der Waals surface area contributed by atoms with Crippen molar-refractivity contribution in [3.8, 4) is 0 Å². The molecule has 1 rings (SSSR count). The summed E-state index contributed by atoms with van der Waals surface area (Å²) in [7, 11) is 0. The van der Waals surface area contributed by atoms with Crippen LogP contribution in [0.1, 0.15) is 26.2 Å².